The van der Waals surface area contributed by atoms with Crippen LogP contribution in [-0.4, -0.2) is 38.6 Å². The number of ether oxygens (including phenoxy) is 1. The standard InChI is InChI=1S/C14H19N3O2/c1-17(2)13(18)8-5-9-16-14-11(10-15)6-4-7-12(14)19-3/h4,6-7,16H,5,8-9H2,1-3H3. The van der Waals surface area contributed by atoms with E-state index in [4.69, 9.17) is 10.00 Å². The first-order valence-electron chi connectivity index (χ1n) is 6.11. The van der Waals surface area contributed by atoms with Gasteiger partial charge in [-0.15, -0.1) is 0 Å². The van der Waals surface area contributed by atoms with E-state index in [0.717, 1.165) is 0 Å². The highest BCUT2D eigenvalue weighted by atomic mass is 16.5. The number of hydrogen-bond acceptors (Lipinski definition) is 4. The van der Waals surface area contributed by atoms with Crippen molar-refractivity contribution < 1.29 is 9.53 Å². The van der Waals surface area contributed by atoms with Crippen LogP contribution in [0.4, 0.5) is 5.69 Å². The number of nitrogens with one attached hydrogen (secondary N) is 1. The molecule has 0 aliphatic carbocycles. The molecule has 19 heavy (non-hydrogen) atoms. The van der Waals surface area contributed by atoms with Crippen molar-refractivity contribution in [2.24, 2.45) is 0 Å². The average molecular weight is 261 g/mol. The van der Waals surface area contributed by atoms with Crippen molar-refractivity contribution in [3.63, 3.8) is 0 Å². The second-order valence-corrected chi connectivity index (χ2v) is 4.31. The lowest BCUT2D eigenvalue weighted by Crippen LogP contribution is -2.22. The summed E-state index contributed by atoms with van der Waals surface area (Å²) in [7, 11) is 5.05. The zero-order valence-electron chi connectivity index (χ0n) is 11.6. The molecule has 0 aliphatic heterocycles. The zero-order valence-corrected chi connectivity index (χ0v) is 11.6. The fraction of sp³-hybridized carbons (Fsp3) is 0.429. The zero-order chi connectivity index (χ0) is 14.3. The first-order chi connectivity index (χ1) is 9.10. The lowest BCUT2D eigenvalue weighted by molar-refractivity contribution is -0.128. The van der Waals surface area contributed by atoms with Gasteiger partial charge in [-0.2, -0.15) is 5.26 Å². The maximum absolute atomic E-state index is 11.4. The van der Waals surface area contributed by atoms with Crippen molar-refractivity contribution >= 4 is 11.6 Å². The number of carbonyl (C=O) groups is 1. The number of benzene rings is 1. The van der Waals surface area contributed by atoms with Gasteiger partial charge in [0.05, 0.1) is 18.4 Å². The van der Waals surface area contributed by atoms with Crippen LogP contribution in [0.25, 0.3) is 0 Å². The Kier molecular flexibility index (Phi) is 5.68. The second-order valence-electron chi connectivity index (χ2n) is 4.31. The molecule has 0 fully saturated rings. The van der Waals surface area contributed by atoms with E-state index in [1.807, 2.05) is 0 Å². The number of methoxy groups -OCH3 is 1. The molecule has 0 saturated carbocycles. The predicted molar refractivity (Wildman–Crippen MR) is 74.1 cm³/mol. The Balaban J connectivity index is 2.58. The summed E-state index contributed by atoms with van der Waals surface area (Å²) in [4.78, 5) is 13.0. The molecule has 5 nitrogen and oxygen atoms in total. The van der Waals surface area contributed by atoms with Crippen LogP contribution in [0, 0.1) is 11.3 Å². The van der Waals surface area contributed by atoms with Gasteiger partial charge in [0.15, 0.2) is 0 Å². The molecule has 1 rings (SSSR count). The van der Waals surface area contributed by atoms with Gasteiger partial charge >= 0.3 is 0 Å². The Morgan fingerprint density at radius 3 is 2.79 bits per heavy atom. The third-order valence-electron chi connectivity index (χ3n) is 2.73. The molecule has 0 spiro atoms. The van der Waals surface area contributed by atoms with E-state index < -0.39 is 0 Å². The minimum absolute atomic E-state index is 0.0994. The van der Waals surface area contributed by atoms with Crippen LogP contribution in [0.1, 0.15) is 18.4 Å². The molecule has 1 N–H and O–H groups in total. The van der Waals surface area contributed by atoms with E-state index in [1.54, 1.807) is 44.3 Å². The summed E-state index contributed by atoms with van der Waals surface area (Å²) >= 11 is 0. The van der Waals surface area contributed by atoms with Gasteiger partial charge in [0.1, 0.15) is 11.8 Å². The van der Waals surface area contributed by atoms with E-state index in [0.29, 0.717) is 36.4 Å². The topological polar surface area (TPSA) is 65.4 Å². The van der Waals surface area contributed by atoms with Crippen LogP contribution < -0.4 is 10.1 Å². The van der Waals surface area contributed by atoms with E-state index in [1.165, 1.54) is 0 Å². The third kappa shape index (κ3) is 4.18. The fourth-order valence-corrected chi connectivity index (χ4v) is 1.65. The molecule has 0 heterocycles. The molecule has 0 aromatic heterocycles. The van der Waals surface area contributed by atoms with Gasteiger partial charge in [-0.3, -0.25) is 4.79 Å². The predicted octanol–water partition coefficient (Wildman–Crippen LogP) is 1.85. The summed E-state index contributed by atoms with van der Waals surface area (Å²) in [6.07, 6.45) is 1.19. The van der Waals surface area contributed by atoms with Gasteiger partial charge in [-0.1, -0.05) is 6.07 Å². The molecular formula is C14H19N3O2. The highest BCUT2D eigenvalue weighted by molar-refractivity contribution is 5.75. The maximum atomic E-state index is 11.4. The highest BCUT2D eigenvalue weighted by Gasteiger charge is 2.08. The number of para-hydroxylation sites is 1. The van der Waals surface area contributed by atoms with E-state index in [-0.39, 0.29) is 5.91 Å². The number of carbonyl (C=O) groups excluding carboxylic acids is 1. The number of rotatable bonds is 6. The largest absolute Gasteiger partial charge is 0.495 e. The van der Waals surface area contributed by atoms with E-state index >= 15 is 0 Å². The summed E-state index contributed by atoms with van der Waals surface area (Å²) in [6, 6.07) is 7.43. The Morgan fingerprint density at radius 2 is 2.21 bits per heavy atom. The van der Waals surface area contributed by atoms with Gasteiger partial charge < -0.3 is 15.0 Å². The molecule has 0 saturated heterocycles. The second kappa shape index (κ2) is 7.27. The Labute approximate surface area is 113 Å². The third-order valence-corrected chi connectivity index (χ3v) is 2.73. The summed E-state index contributed by atoms with van der Waals surface area (Å²) in [5, 5.41) is 12.2. The van der Waals surface area contributed by atoms with E-state index in [9.17, 15) is 4.79 Å². The fourth-order valence-electron chi connectivity index (χ4n) is 1.65. The maximum Gasteiger partial charge on any atom is 0.222 e. The molecule has 1 amide bonds. The lowest BCUT2D eigenvalue weighted by Gasteiger charge is -2.13. The normalized spacial score (nSPS) is 9.58. The van der Waals surface area contributed by atoms with Crippen molar-refractivity contribution in [3.8, 4) is 11.8 Å². The van der Waals surface area contributed by atoms with Crippen LogP contribution in [0.15, 0.2) is 18.2 Å². The minimum atomic E-state index is 0.0994. The summed E-state index contributed by atoms with van der Waals surface area (Å²) < 4.78 is 5.22. The van der Waals surface area contributed by atoms with Crippen LogP contribution in [0.3, 0.4) is 0 Å². The van der Waals surface area contributed by atoms with Crippen LogP contribution in [0.2, 0.25) is 0 Å². The molecule has 0 aliphatic rings. The van der Waals surface area contributed by atoms with Crippen molar-refractivity contribution in [2.45, 2.75) is 12.8 Å². The molecule has 0 bridgehead atoms. The van der Waals surface area contributed by atoms with Crippen LogP contribution >= 0.6 is 0 Å². The van der Waals surface area contributed by atoms with Gasteiger partial charge in [-0.25, -0.2) is 0 Å². The Morgan fingerprint density at radius 1 is 1.47 bits per heavy atom. The SMILES string of the molecule is COc1cccc(C#N)c1NCCCC(=O)N(C)C. The average Bonchev–Trinajstić information content (AvgIpc) is 2.42. The van der Waals surface area contributed by atoms with Crippen molar-refractivity contribution in [2.75, 3.05) is 33.1 Å². The van der Waals surface area contributed by atoms with Gasteiger partial charge in [0.2, 0.25) is 5.91 Å². The monoisotopic (exact) mass is 261 g/mol. The molecular weight excluding hydrogens is 242 g/mol. The summed E-state index contributed by atoms with van der Waals surface area (Å²) in [6.45, 7) is 0.620. The first kappa shape index (κ1) is 14.8. The molecule has 0 atom stereocenters. The summed E-state index contributed by atoms with van der Waals surface area (Å²) in [5.41, 5.74) is 1.23. The van der Waals surface area contributed by atoms with Crippen molar-refractivity contribution in [3.05, 3.63) is 23.8 Å². The molecule has 5 heteroatoms. The lowest BCUT2D eigenvalue weighted by atomic mass is 10.1. The Bertz CT molecular complexity index is 478. The number of nitriles is 1. The number of amides is 1. The smallest absolute Gasteiger partial charge is 0.222 e. The molecule has 0 radical (unpaired) electrons. The quantitative estimate of drug-likeness (QED) is 0.794. The molecule has 1 aromatic carbocycles. The molecule has 1 aromatic rings. The van der Waals surface area contributed by atoms with E-state index in [2.05, 4.69) is 11.4 Å². The molecule has 0 unspecified atom stereocenters. The first-order valence-corrected chi connectivity index (χ1v) is 6.11. The van der Waals surface area contributed by atoms with Gasteiger partial charge in [-0.05, 0) is 18.6 Å². The minimum Gasteiger partial charge on any atom is -0.495 e. The Hall–Kier alpha value is -2.22. The van der Waals surface area contributed by atoms with Crippen LogP contribution in [0.5, 0.6) is 5.75 Å². The summed E-state index contributed by atoms with van der Waals surface area (Å²) in [5.74, 6) is 0.736. The number of nitrogens with zero attached hydrogens (tertiary/aromatic N) is 2. The molecule has 102 valence electrons. The van der Waals surface area contributed by atoms with Crippen molar-refractivity contribution in [1.29, 1.82) is 5.26 Å². The van der Waals surface area contributed by atoms with Gasteiger partial charge in [0, 0.05) is 27.1 Å². The number of hydrogen-bond donors (Lipinski definition) is 1. The van der Waals surface area contributed by atoms with Crippen LogP contribution in [-0.2, 0) is 4.79 Å². The number of anilines is 1. The highest BCUT2D eigenvalue weighted by Crippen LogP contribution is 2.27. The van der Waals surface area contributed by atoms with Gasteiger partial charge in [0.25, 0.3) is 0 Å². The van der Waals surface area contributed by atoms with Crippen molar-refractivity contribution in [1.82, 2.24) is 4.90 Å².